The fraction of sp³-hybridized carbons (Fsp3) is 0.429. The molecule has 5 nitrogen and oxygen atoms in total. The quantitative estimate of drug-likeness (QED) is 0.767. The molecule has 104 valence electrons. The van der Waals surface area contributed by atoms with Gasteiger partial charge >= 0.3 is 0 Å². The molecule has 0 aromatic heterocycles. The number of nitrogens with one attached hydrogen (secondary N) is 1. The maximum atomic E-state index is 12.1. The van der Waals surface area contributed by atoms with E-state index in [1.165, 1.54) is 0 Å². The summed E-state index contributed by atoms with van der Waals surface area (Å²) in [5, 5.41) is 2.50. The molecule has 0 unspecified atom stereocenters. The molecule has 1 aromatic carbocycles. The van der Waals surface area contributed by atoms with E-state index in [4.69, 9.17) is 5.73 Å². The van der Waals surface area contributed by atoms with Crippen molar-refractivity contribution >= 4 is 17.5 Å². The Kier molecular flexibility index (Phi) is 6.60. The van der Waals surface area contributed by atoms with Gasteiger partial charge in [-0.1, -0.05) is 31.5 Å². The van der Waals surface area contributed by atoms with E-state index in [1.807, 2.05) is 30.3 Å². The predicted molar refractivity (Wildman–Crippen MR) is 75.8 cm³/mol. The van der Waals surface area contributed by atoms with Crippen molar-refractivity contribution in [3.63, 3.8) is 0 Å². The Balaban J connectivity index is 2.68. The molecule has 0 aliphatic carbocycles. The van der Waals surface area contributed by atoms with Gasteiger partial charge < -0.3 is 16.0 Å². The third-order valence-electron chi connectivity index (χ3n) is 2.73. The van der Waals surface area contributed by atoms with Crippen molar-refractivity contribution in [3.05, 3.63) is 30.3 Å². The van der Waals surface area contributed by atoms with E-state index in [2.05, 4.69) is 12.2 Å². The number of hydrogen-bond acceptors (Lipinski definition) is 3. The first-order chi connectivity index (χ1) is 9.19. The van der Waals surface area contributed by atoms with E-state index in [9.17, 15) is 9.59 Å². The highest BCUT2D eigenvalue weighted by molar-refractivity contribution is 5.96. The van der Waals surface area contributed by atoms with Gasteiger partial charge in [-0.15, -0.1) is 0 Å². The van der Waals surface area contributed by atoms with Gasteiger partial charge in [0, 0.05) is 12.2 Å². The molecule has 19 heavy (non-hydrogen) atoms. The average molecular weight is 263 g/mol. The smallest absolute Gasteiger partial charge is 0.246 e. The Labute approximate surface area is 113 Å². The largest absolute Gasteiger partial charge is 0.346 e. The Morgan fingerprint density at radius 2 is 1.95 bits per heavy atom. The second-order valence-electron chi connectivity index (χ2n) is 4.22. The van der Waals surface area contributed by atoms with Crippen molar-refractivity contribution in [2.24, 2.45) is 5.73 Å². The second kappa shape index (κ2) is 8.26. The van der Waals surface area contributed by atoms with Crippen LogP contribution in [0, 0.1) is 0 Å². The van der Waals surface area contributed by atoms with Crippen molar-refractivity contribution in [1.82, 2.24) is 5.32 Å². The maximum absolute atomic E-state index is 12.1. The van der Waals surface area contributed by atoms with Crippen molar-refractivity contribution in [2.45, 2.75) is 19.8 Å². The zero-order chi connectivity index (χ0) is 14.1. The lowest BCUT2D eigenvalue weighted by Gasteiger charge is -2.22. The number of anilines is 1. The van der Waals surface area contributed by atoms with E-state index in [0.29, 0.717) is 6.54 Å². The third-order valence-corrected chi connectivity index (χ3v) is 2.73. The minimum Gasteiger partial charge on any atom is -0.346 e. The van der Waals surface area contributed by atoms with Crippen LogP contribution in [0.1, 0.15) is 19.8 Å². The summed E-state index contributed by atoms with van der Waals surface area (Å²) in [6, 6.07) is 9.46. The fourth-order valence-corrected chi connectivity index (χ4v) is 1.66. The highest BCUT2D eigenvalue weighted by atomic mass is 16.2. The SMILES string of the molecule is CCCCN(C(=O)CNC(=O)CN)c1ccccc1. The lowest BCUT2D eigenvalue weighted by atomic mass is 10.2. The van der Waals surface area contributed by atoms with Crippen LogP contribution in [-0.2, 0) is 9.59 Å². The first-order valence-corrected chi connectivity index (χ1v) is 6.51. The third kappa shape index (κ3) is 5.09. The summed E-state index contributed by atoms with van der Waals surface area (Å²) in [5.74, 6) is -0.446. The van der Waals surface area contributed by atoms with Crippen molar-refractivity contribution in [2.75, 3.05) is 24.5 Å². The second-order valence-corrected chi connectivity index (χ2v) is 4.22. The maximum Gasteiger partial charge on any atom is 0.246 e. The first kappa shape index (κ1) is 15.2. The number of nitrogens with two attached hydrogens (primary N) is 1. The number of carbonyl (C=O) groups excluding carboxylic acids is 2. The molecular formula is C14H21N3O2. The number of nitrogens with zero attached hydrogens (tertiary/aromatic N) is 1. The van der Waals surface area contributed by atoms with Crippen LogP contribution < -0.4 is 16.0 Å². The number of rotatable bonds is 7. The normalized spacial score (nSPS) is 10.0. The van der Waals surface area contributed by atoms with Gasteiger partial charge in [0.05, 0.1) is 13.1 Å². The molecule has 0 saturated heterocycles. The summed E-state index contributed by atoms with van der Waals surface area (Å²) in [5.41, 5.74) is 6.04. The summed E-state index contributed by atoms with van der Waals surface area (Å²) in [7, 11) is 0. The fourth-order valence-electron chi connectivity index (χ4n) is 1.66. The molecule has 0 spiro atoms. The van der Waals surface area contributed by atoms with E-state index < -0.39 is 0 Å². The van der Waals surface area contributed by atoms with Gasteiger partial charge in [-0.25, -0.2) is 0 Å². The molecule has 0 fully saturated rings. The van der Waals surface area contributed by atoms with Gasteiger partial charge in [-0.2, -0.15) is 0 Å². The van der Waals surface area contributed by atoms with E-state index in [-0.39, 0.29) is 24.9 Å². The first-order valence-electron chi connectivity index (χ1n) is 6.51. The van der Waals surface area contributed by atoms with Crippen LogP contribution in [0.4, 0.5) is 5.69 Å². The minimum atomic E-state index is -0.322. The number of amides is 2. The zero-order valence-electron chi connectivity index (χ0n) is 11.3. The molecule has 0 saturated carbocycles. The number of carbonyl (C=O) groups is 2. The molecule has 0 heterocycles. The number of hydrogen-bond donors (Lipinski definition) is 2. The number of para-hydroxylation sites is 1. The van der Waals surface area contributed by atoms with Crippen LogP contribution in [0.3, 0.4) is 0 Å². The van der Waals surface area contributed by atoms with Gasteiger partial charge in [-0.05, 0) is 18.6 Å². The summed E-state index contributed by atoms with van der Waals surface area (Å²) in [6.45, 7) is 2.60. The van der Waals surface area contributed by atoms with Gasteiger partial charge in [0.15, 0.2) is 0 Å². The summed E-state index contributed by atoms with van der Waals surface area (Å²) >= 11 is 0. The topological polar surface area (TPSA) is 75.4 Å². The standard InChI is InChI=1S/C14H21N3O2/c1-2-3-9-17(12-7-5-4-6-8-12)14(19)11-16-13(18)10-15/h4-8H,2-3,9-11,15H2,1H3,(H,16,18). The monoisotopic (exact) mass is 263 g/mol. The lowest BCUT2D eigenvalue weighted by Crippen LogP contribution is -2.42. The average Bonchev–Trinajstić information content (AvgIpc) is 2.46. The van der Waals surface area contributed by atoms with E-state index in [1.54, 1.807) is 4.90 Å². The van der Waals surface area contributed by atoms with Crippen molar-refractivity contribution in [3.8, 4) is 0 Å². The molecule has 1 rings (SSSR count). The van der Waals surface area contributed by atoms with Crippen molar-refractivity contribution in [1.29, 1.82) is 0 Å². The summed E-state index contributed by atoms with van der Waals surface area (Å²) in [4.78, 5) is 24.9. The highest BCUT2D eigenvalue weighted by Gasteiger charge is 2.15. The summed E-state index contributed by atoms with van der Waals surface area (Å²) in [6.07, 6.45) is 1.93. The highest BCUT2D eigenvalue weighted by Crippen LogP contribution is 2.14. The molecule has 0 bridgehead atoms. The molecule has 2 amide bonds. The molecule has 3 N–H and O–H groups in total. The molecular weight excluding hydrogens is 242 g/mol. The Bertz CT molecular complexity index is 406. The minimum absolute atomic E-state index is 0.0192. The molecule has 0 atom stereocenters. The number of benzene rings is 1. The van der Waals surface area contributed by atoms with Crippen LogP contribution in [0.25, 0.3) is 0 Å². The zero-order valence-corrected chi connectivity index (χ0v) is 11.3. The molecule has 1 aromatic rings. The predicted octanol–water partition coefficient (Wildman–Crippen LogP) is 0.895. The van der Waals surface area contributed by atoms with E-state index >= 15 is 0 Å². The van der Waals surface area contributed by atoms with Gasteiger partial charge in [-0.3, -0.25) is 9.59 Å². The molecule has 5 heteroatoms. The molecule has 0 radical (unpaired) electrons. The van der Waals surface area contributed by atoms with Gasteiger partial charge in [0.2, 0.25) is 11.8 Å². The molecule has 0 aliphatic rings. The Hall–Kier alpha value is -1.88. The van der Waals surface area contributed by atoms with Crippen LogP contribution in [0.5, 0.6) is 0 Å². The lowest BCUT2D eigenvalue weighted by molar-refractivity contribution is -0.124. The van der Waals surface area contributed by atoms with Crippen LogP contribution in [-0.4, -0.2) is 31.4 Å². The van der Waals surface area contributed by atoms with Crippen LogP contribution >= 0.6 is 0 Å². The molecule has 0 aliphatic heterocycles. The Morgan fingerprint density at radius 3 is 2.53 bits per heavy atom. The van der Waals surface area contributed by atoms with Gasteiger partial charge in [0.1, 0.15) is 0 Å². The Morgan fingerprint density at radius 1 is 1.26 bits per heavy atom. The van der Waals surface area contributed by atoms with Crippen LogP contribution in [0.2, 0.25) is 0 Å². The van der Waals surface area contributed by atoms with E-state index in [0.717, 1.165) is 18.5 Å². The van der Waals surface area contributed by atoms with Crippen LogP contribution in [0.15, 0.2) is 30.3 Å². The summed E-state index contributed by atoms with van der Waals surface area (Å²) < 4.78 is 0. The number of unbranched alkanes of at least 4 members (excludes halogenated alkanes) is 1. The van der Waals surface area contributed by atoms with Gasteiger partial charge in [0.25, 0.3) is 0 Å². The van der Waals surface area contributed by atoms with Crippen molar-refractivity contribution < 1.29 is 9.59 Å².